The molecule has 4 nitrogen and oxygen atoms in total. The van der Waals surface area contributed by atoms with Crippen LogP contribution in [0.25, 0.3) is 6.08 Å². The molecule has 0 atom stereocenters. The molecule has 0 unspecified atom stereocenters. The first kappa shape index (κ1) is 16.6. The van der Waals surface area contributed by atoms with E-state index in [-0.39, 0.29) is 5.78 Å². The molecule has 0 fully saturated rings. The van der Waals surface area contributed by atoms with Crippen molar-refractivity contribution in [3.63, 3.8) is 0 Å². The minimum Gasteiger partial charge on any atom is -0.496 e. The molecule has 23 heavy (non-hydrogen) atoms. The van der Waals surface area contributed by atoms with Crippen molar-refractivity contribution < 1.29 is 19.0 Å². The molecule has 2 aromatic rings. The third-order valence-corrected chi connectivity index (χ3v) is 3.49. The minimum atomic E-state index is -0.0677. The molecular formula is C19H20O4. The van der Waals surface area contributed by atoms with Gasteiger partial charge in [-0.25, -0.2) is 0 Å². The number of hydrogen-bond acceptors (Lipinski definition) is 4. The minimum absolute atomic E-state index is 0.0677. The number of allylic oxidation sites excluding steroid dienone is 1. The Labute approximate surface area is 136 Å². The number of aryl methyl sites for hydroxylation is 1. The highest BCUT2D eigenvalue weighted by Crippen LogP contribution is 2.35. The number of benzene rings is 2. The highest BCUT2D eigenvalue weighted by Gasteiger charge is 2.10. The van der Waals surface area contributed by atoms with E-state index in [1.807, 2.05) is 31.2 Å². The average molecular weight is 312 g/mol. The average Bonchev–Trinajstić information content (AvgIpc) is 2.59. The topological polar surface area (TPSA) is 44.8 Å². The molecule has 120 valence electrons. The van der Waals surface area contributed by atoms with Crippen LogP contribution in [-0.2, 0) is 0 Å². The van der Waals surface area contributed by atoms with E-state index < -0.39 is 0 Å². The Kier molecular flexibility index (Phi) is 5.41. The van der Waals surface area contributed by atoms with Gasteiger partial charge < -0.3 is 14.2 Å². The van der Waals surface area contributed by atoms with Gasteiger partial charge in [0.05, 0.1) is 21.3 Å². The zero-order valence-corrected chi connectivity index (χ0v) is 13.8. The Morgan fingerprint density at radius 1 is 0.870 bits per heavy atom. The van der Waals surface area contributed by atoms with Crippen molar-refractivity contribution in [3.8, 4) is 17.2 Å². The molecule has 2 rings (SSSR count). The van der Waals surface area contributed by atoms with E-state index in [9.17, 15) is 4.79 Å². The summed E-state index contributed by atoms with van der Waals surface area (Å²) in [5.41, 5.74) is 2.50. The van der Waals surface area contributed by atoms with Crippen molar-refractivity contribution in [2.24, 2.45) is 0 Å². The summed E-state index contributed by atoms with van der Waals surface area (Å²) in [5, 5.41) is 0. The first-order chi connectivity index (χ1) is 11.1. The van der Waals surface area contributed by atoms with Gasteiger partial charge in [-0.05, 0) is 25.1 Å². The molecule has 0 aromatic heterocycles. The molecule has 0 saturated carbocycles. The summed E-state index contributed by atoms with van der Waals surface area (Å²) in [6.07, 6.45) is 3.23. The molecule has 4 heteroatoms. The van der Waals surface area contributed by atoms with Gasteiger partial charge in [0, 0.05) is 17.2 Å². The summed E-state index contributed by atoms with van der Waals surface area (Å²) in [7, 11) is 4.70. The molecule has 0 aliphatic heterocycles. The Hall–Kier alpha value is -2.75. The summed E-state index contributed by atoms with van der Waals surface area (Å²) in [4.78, 5) is 12.2. The van der Waals surface area contributed by atoms with Gasteiger partial charge in [0.15, 0.2) is 17.3 Å². The largest absolute Gasteiger partial charge is 0.496 e. The maximum atomic E-state index is 12.2. The van der Waals surface area contributed by atoms with Crippen molar-refractivity contribution in [1.82, 2.24) is 0 Å². The van der Waals surface area contributed by atoms with Crippen LogP contribution in [0.1, 0.15) is 21.5 Å². The van der Waals surface area contributed by atoms with Crippen LogP contribution in [0.3, 0.4) is 0 Å². The number of ketones is 1. The van der Waals surface area contributed by atoms with Gasteiger partial charge in [-0.2, -0.15) is 0 Å². The van der Waals surface area contributed by atoms with E-state index in [2.05, 4.69) is 0 Å². The van der Waals surface area contributed by atoms with Crippen molar-refractivity contribution in [1.29, 1.82) is 0 Å². The SMILES string of the molecule is COc1cc(OC)c(OC)cc1/C=C/C(=O)c1ccc(C)cc1. The Balaban J connectivity index is 2.30. The van der Waals surface area contributed by atoms with Crippen molar-refractivity contribution in [2.75, 3.05) is 21.3 Å². The van der Waals surface area contributed by atoms with Gasteiger partial charge in [-0.1, -0.05) is 29.8 Å². The quantitative estimate of drug-likeness (QED) is 0.599. The molecule has 0 radical (unpaired) electrons. The third-order valence-electron chi connectivity index (χ3n) is 3.49. The van der Waals surface area contributed by atoms with Crippen LogP contribution in [0.5, 0.6) is 17.2 Å². The molecule has 0 N–H and O–H groups in total. The molecule has 0 heterocycles. The molecule has 0 spiro atoms. The highest BCUT2D eigenvalue weighted by molar-refractivity contribution is 6.07. The fourth-order valence-electron chi connectivity index (χ4n) is 2.16. The van der Waals surface area contributed by atoms with E-state index in [1.165, 1.54) is 6.08 Å². The predicted molar refractivity (Wildman–Crippen MR) is 90.6 cm³/mol. The Bertz CT molecular complexity index is 715. The molecule has 0 saturated heterocycles. The lowest BCUT2D eigenvalue weighted by molar-refractivity contribution is 0.104. The van der Waals surface area contributed by atoms with Crippen LogP contribution in [-0.4, -0.2) is 27.1 Å². The Morgan fingerprint density at radius 3 is 2.00 bits per heavy atom. The first-order valence-corrected chi connectivity index (χ1v) is 7.18. The molecular weight excluding hydrogens is 292 g/mol. The zero-order valence-electron chi connectivity index (χ0n) is 13.8. The summed E-state index contributed by atoms with van der Waals surface area (Å²) >= 11 is 0. The van der Waals surface area contributed by atoms with Crippen LogP contribution in [0.4, 0.5) is 0 Å². The van der Waals surface area contributed by atoms with E-state index in [0.29, 0.717) is 22.8 Å². The van der Waals surface area contributed by atoms with E-state index in [1.54, 1.807) is 39.5 Å². The van der Waals surface area contributed by atoms with Gasteiger partial charge in [0.2, 0.25) is 0 Å². The van der Waals surface area contributed by atoms with Gasteiger partial charge in [0.25, 0.3) is 0 Å². The fourth-order valence-corrected chi connectivity index (χ4v) is 2.16. The van der Waals surface area contributed by atoms with Crippen LogP contribution >= 0.6 is 0 Å². The van der Waals surface area contributed by atoms with Crippen LogP contribution in [0.2, 0.25) is 0 Å². The van der Waals surface area contributed by atoms with Crippen molar-refractivity contribution in [2.45, 2.75) is 6.92 Å². The summed E-state index contributed by atoms with van der Waals surface area (Å²) in [5.74, 6) is 1.69. The van der Waals surface area contributed by atoms with Crippen LogP contribution in [0, 0.1) is 6.92 Å². The third kappa shape index (κ3) is 3.92. The number of carbonyl (C=O) groups excluding carboxylic acids is 1. The highest BCUT2D eigenvalue weighted by atomic mass is 16.5. The number of ether oxygens (including phenoxy) is 3. The Morgan fingerprint density at radius 2 is 1.43 bits per heavy atom. The molecule has 0 aliphatic carbocycles. The second-order valence-electron chi connectivity index (χ2n) is 5.01. The summed E-state index contributed by atoms with van der Waals surface area (Å²) < 4.78 is 15.9. The van der Waals surface area contributed by atoms with Crippen molar-refractivity contribution >= 4 is 11.9 Å². The van der Waals surface area contributed by atoms with Crippen LogP contribution < -0.4 is 14.2 Å². The molecule has 0 aliphatic rings. The maximum absolute atomic E-state index is 12.2. The molecule has 0 bridgehead atoms. The lowest BCUT2D eigenvalue weighted by Crippen LogP contribution is -1.96. The van der Waals surface area contributed by atoms with Gasteiger partial charge >= 0.3 is 0 Å². The monoisotopic (exact) mass is 312 g/mol. The van der Waals surface area contributed by atoms with E-state index in [4.69, 9.17) is 14.2 Å². The lowest BCUT2D eigenvalue weighted by atomic mass is 10.1. The number of methoxy groups -OCH3 is 3. The van der Waals surface area contributed by atoms with E-state index >= 15 is 0 Å². The van der Waals surface area contributed by atoms with Gasteiger partial charge in [-0.15, -0.1) is 0 Å². The number of carbonyl (C=O) groups is 1. The smallest absolute Gasteiger partial charge is 0.185 e. The maximum Gasteiger partial charge on any atom is 0.185 e. The standard InChI is InChI=1S/C19H20O4/c1-13-5-7-14(8-6-13)16(20)10-9-15-11-18(22-3)19(23-4)12-17(15)21-2/h5-12H,1-4H3/b10-9+. The van der Waals surface area contributed by atoms with Gasteiger partial charge in [-0.3, -0.25) is 4.79 Å². The lowest BCUT2D eigenvalue weighted by Gasteiger charge is -2.12. The summed E-state index contributed by atoms with van der Waals surface area (Å²) in [6.45, 7) is 1.98. The second kappa shape index (κ2) is 7.49. The van der Waals surface area contributed by atoms with Crippen molar-refractivity contribution in [3.05, 3.63) is 59.2 Å². The van der Waals surface area contributed by atoms with Crippen LogP contribution in [0.15, 0.2) is 42.5 Å². The second-order valence-corrected chi connectivity index (χ2v) is 5.01. The summed E-state index contributed by atoms with van der Waals surface area (Å²) in [6, 6.07) is 11.0. The van der Waals surface area contributed by atoms with Gasteiger partial charge in [0.1, 0.15) is 5.75 Å². The number of rotatable bonds is 6. The fraction of sp³-hybridized carbons (Fsp3) is 0.211. The number of hydrogen-bond donors (Lipinski definition) is 0. The zero-order chi connectivity index (χ0) is 16.8. The predicted octanol–water partition coefficient (Wildman–Crippen LogP) is 3.92. The molecule has 0 amide bonds. The molecule has 2 aromatic carbocycles. The normalized spacial score (nSPS) is 10.6. The first-order valence-electron chi connectivity index (χ1n) is 7.18. The van der Waals surface area contributed by atoms with E-state index in [0.717, 1.165) is 11.1 Å².